The summed E-state index contributed by atoms with van der Waals surface area (Å²) in [5.41, 5.74) is 0.509. The summed E-state index contributed by atoms with van der Waals surface area (Å²) in [6.07, 6.45) is 3.29. The van der Waals surface area contributed by atoms with Gasteiger partial charge >= 0.3 is 0 Å². The summed E-state index contributed by atoms with van der Waals surface area (Å²) in [7, 11) is 1.88. The van der Waals surface area contributed by atoms with E-state index < -0.39 is 0 Å². The minimum Gasteiger partial charge on any atom is -0.373 e. The second kappa shape index (κ2) is 6.38. The van der Waals surface area contributed by atoms with Gasteiger partial charge in [0, 0.05) is 13.6 Å². The lowest BCUT2D eigenvalue weighted by atomic mass is 10.2. The third-order valence-corrected chi connectivity index (χ3v) is 3.80. The van der Waals surface area contributed by atoms with Crippen LogP contribution in [0.3, 0.4) is 0 Å². The fraction of sp³-hybridized carbons (Fsp3) is 0.538. The minimum absolute atomic E-state index is 0.0871. The maximum absolute atomic E-state index is 12.2. The van der Waals surface area contributed by atoms with Gasteiger partial charge in [0.1, 0.15) is 10.8 Å². The molecule has 0 aliphatic carbocycles. The number of nitrogens with one attached hydrogen (secondary N) is 1. The van der Waals surface area contributed by atoms with Crippen LogP contribution in [0.2, 0.25) is 0 Å². The van der Waals surface area contributed by atoms with Crippen LogP contribution in [-0.4, -0.2) is 24.5 Å². The molecule has 0 fully saturated rings. The van der Waals surface area contributed by atoms with E-state index in [9.17, 15) is 4.79 Å². The Morgan fingerprint density at radius 1 is 1.38 bits per heavy atom. The van der Waals surface area contributed by atoms with Crippen LogP contribution in [0.1, 0.15) is 32.6 Å². The van der Waals surface area contributed by atoms with E-state index in [0.29, 0.717) is 22.6 Å². The quantitative estimate of drug-likeness (QED) is 0.887. The molecule has 0 amide bonds. The Hall–Kier alpha value is -1.70. The average Bonchev–Trinajstić information content (AvgIpc) is 2.84. The van der Waals surface area contributed by atoms with E-state index in [4.69, 9.17) is 0 Å². The fourth-order valence-corrected chi connectivity index (χ4v) is 2.45. The number of hydrogen-bond acceptors (Lipinski definition) is 5. The topological polar surface area (TPSA) is 77.6 Å². The first-order valence-corrected chi connectivity index (χ1v) is 7.55. The highest BCUT2D eigenvalue weighted by atomic mass is 79.9. The van der Waals surface area contributed by atoms with E-state index in [2.05, 4.69) is 36.5 Å². The van der Waals surface area contributed by atoms with Gasteiger partial charge in [0.05, 0.1) is 17.9 Å². The zero-order valence-corrected chi connectivity index (χ0v) is 14.1. The van der Waals surface area contributed by atoms with Crippen LogP contribution in [0, 0.1) is 5.92 Å². The fourth-order valence-electron chi connectivity index (χ4n) is 2.02. The molecule has 2 aromatic rings. The van der Waals surface area contributed by atoms with Gasteiger partial charge in [-0.3, -0.25) is 4.79 Å². The van der Waals surface area contributed by atoms with Gasteiger partial charge in [0.15, 0.2) is 5.82 Å². The molecule has 1 N–H and O–H groups in total. The predicted octanol–water partition coefficient (Wildman–Crippen LogP) is 1.96. The molecule has 0 aliphatic rings. The van der Waals surface area contributed by atoms with Gasteiger partial charge in [-0.25, -0.2) is 4.68 Å². The molecule has 8 heteroatoms. The number of halogens is 1. The van der Waals surface area contributed by atoms with Gasteiger partial charge in [-0.15, -0.1) is 10.2 Å². The lowest BCUT2D eigenvalue weighted by Crippen LogP contribution is -2.27. The van der Waals surface area contributed by atoms with Gasteiger partial charge in [-0.05, 0) is 28.8 Å². The van der Waals surface area contributed by atoms with Gasteiger partial charge in [0.2, 0.25) is 0 Å². The number of aryl methyl sites for hydroxylation is 1. The Balaban J connectivity index is 2.24. The molecular weight excluding hydrogens is 336 g/mol. The first-order valence-electron chi connectivity index (χ1n) is 6.76. The van der Waals surface area contributed by atoms with E-state index >= 15 is 0 Å². The Labute approximate surface area is 131 Å². The Kier molecular flexibility index (Phi) is 4.76. The van der Waals surface area contributed by atoms with E-state index in [1.54, 1.807) is 12.5 Å². The van der Waals surface area contributed by atoms with Gasteiger partial charge < -0.3 is 9.88 Å². The van der Waals surface area contributed by atoms with Crippen molar-refractivity contribution in [2.75, 3.05) is 5.32 Å². The summed E-state index contributed by atoms with van der Waals surface area (Å²) in [5, 5.41) is 15.3. The van der Waals surface area contributed by atoms with Crippen LogP contribution in [0.4, 0.5) is 5.69 Å². The van der Waals surface area contributed by atoms with Crippen molar-refractivity contribution in [2.24, 2.45) is 13.0 Å². The zero-order chi connectivity index (χ0) is 15.6. The number of hydrogen-bond donors (Lipinski definition) is 1. The van der Waals surface area contributed by atoms with Crippen molar-refractivity contribution in [3.8, 4) is 0 Å². The van der Waals surface area contributed by atoms with Crippen molar-refractivity contribution in [1.29, 1.82) is 0 Å². The van der Waals surface area contributed by atoms with Crippen molar-refractivity contribution in [3.05, 3.63) is 33.2 Å². The summed E-state index contributed by atoms with van der Waals surface area (Å²) in [4.78, 5) is 12.2. The Morgan fingerprint density at radius 2 is 2.10 bits per heavy atom. The Morgan fingerprint density at radius 3 is 2.67 bits per heavy atom. The number of nitrogens with zero attached hydrogens (tertiary/aromatic N) is 5. The molecule has 2 rings (SSSR count). The summed E-state index contributed by atoms with van der Waals surface area (Å²) in [6, 6.07) is -0.0871. The SMILES string of the molecule is CC(C)Cn1ncc(NC(C)c2nncn2C)c(Br)c1=O. The second-order valence-corrected chi connectivity index (χ2v) is 6.21. The lowest BCUT2D eigenvalue weighted by molar-refractivity contribution is 0.462. The molecule has 1 atom stereocenters. The molecule has 7 nitrogen and oxygen atoms in total. The molecule has 0 spiro atoms. The van der Waals surface area contributed by atoms with Gasteiger partial charge in [-0.2, -0.15) is 5.10 Å². The normalized spacial score (nSPS) is 12.7. The molecule has 2 aromatic heterocycles. The number of aromatic nitrogens is 5. The molecule has 0 saturated carbocycles. The highest BCUT2D eigenvalue weighted by Crippen LogP contribution is 2.22. The van der Waals surface area contributed by atoms with E-state index in [0.717, 1.165) is 5.82 Å². The number of anilines is 1. The average molecular weight is 355 g/mol. The van der Waals surface area contributed by atoms with Crippen LogP contribution in [0.25, 0.3) is 0 Å². The largest absolute Gasteiger partial charge is 0.373 e. The van der Waals surface area contributed by atoms with E-state index in [1.165, 1.54) is 4.68 Å². The van der Waals surface area contributed by atoms with Gasteiger partial charge in [-0.1, -0.05) is 13.8 Å². The van der Waals surface area contributed by atoms with Crippen LogP contribution in [0.15, 0.2) is 21.8 Å². The summed E-state index contributed by atoms with van der Waals surface area (Å²) < 4.78 is 3.78. The zero-order valence-electron chi connectivity index (χ0n) is 12.5. The molecule has 0 radical (unpaired) electrons. The molecule has 2 heterocycles. The van der Waals surface area contributed by atoms with Gasteiger partial charge in [0.25, 0.3) is 5.56 Å². The Bertz CT molecular complexity index is 678. The molecule has 114 valence electrons. The van der Waals surface area contributed by atoms with Crippen molar-refractivity contribution in [2.45, 2.75) is 33.4 Å². The predicted molar refractivity (Wildman–Crippen MR) is 84.1 cm³/mol. The summed E-state index contributed by atoms with van der Waals surface area (Å²) in [5.74, 6) is 1.15. The molecule has 0 aromatic carbocycles. The van der Waals surface area contributed by atoms with Crippen molar-refractivity contribution in [1.82, 2.24) is 24.5 Å². The molecular formula is C13H19BrN6O. The van der Waals surface area contributed by atoms with E-state index in [1.807, 2.05) is 32.4 Å². The van der Waals surface area contributed by atoms with Crippen LogP contribution in [-0.2, 0) is 13.6 Å². The maximum atomic E-state index is 12.2. The van der Waals surface area contributed by atoms with Crippen molar-refractivity contribution >= 4 is 21.6 Å². The van der Waals surface area contributed by atoms with Crippen LogP contribution in [0.5, 0.6) is 0 Å². The van der Waals surface area contributed by atoms with Crippen LogP contribution >= 0.6 is 15.9 Å². The van der Waals surface area contributed by atoms with E-state index in [-0.39, 0.29) is 11.6 Å². The van der Waals surface area contributed by atoms with Crippen LogP contribution < -0.4 is 10.9 Å². The molecule has 1 unspecified atom stereocenters. The molecule has 0 bridgehead atoms. The first-order chi connectivity index (χ1) is 9.90. The minimum atomic E-state index is -0.140. The summed E-state index contributed by atoms with van der Waals surface area (Å²) >= 11 is 3.35. The number of rotatable bonds is 5. The lowest BCUT2D eigenvalue weighted by Gasteiger charge is -2.16. The third-order valence-electron chi connectivity index (χ3n) is 3.03. The molecule has 21 heavy (non-hydrogen) atoms. The molecule has 0 aliphatic heterocycles. The monoisotopic (exact) mass is 354 g/mol. The third kappa shape index (κ3) is 3.49. The van der Waals surface area contributed by atoms with Crippen molar-refractivity contribution in [3.63, 3.8) is 0 Å². The smallest absolute Gasteiger partial charge is 0.283 e. The van der Waals surface area contributed by atoms with Crippen molar-refractivity contribution < 1.29 is 0 Å². The highest BCUT2D eigenvalue weighted by molar-refractivity contribution is 9.10. The molecule has 0 saturated heterocycles. The summed E-state index contributed by atoms with van der Waals surface area (Å²) in [6.45, 7) is 6.64. The standard InChI is InChI=1S/C13H19BrN6O/c1-8(2)6-20-13(21)11(14)10(5-16-20)17-9(3)12-18-15-7-19(12)4/h5,7-9,17H,6H2,1-4H3. The second-order valence-electron chi connectivity index (χ2n) is 5.42. The maximum Gasteiger partial charge on any atom is 0.283 e. The first kappa shape index (κ1) is 15.7. The highest BCUT2D eigenvalue weighted by Gasteiger charge is 2.15.